The molecule has 0 bridgehead atoms. The summed E-state index contributed by atoms with van der Waals surface area (Å²) < 4.78 is 88.6. The molecule has 2 atom stereocenters. The van der Waals surface area contributed by atoms with Gasteiger partial charge in [0.1, 0.15) is 13.2 Å². The summed E-state index contributed by atoms with van der Waals surface area (Å²) in [6, 6.07) is 0.470. The molecule has 1 rings (SSSR count). The van der Waals surface area contributed by atoms with Gasteiger partial charge in [-0.1, -0.05) is 19.6 Å². The molecule has 2 amide bonds. The highest BCUT2D eigenvalue weighted by Crippen LogP contribution is 2.39. The van der Waals surface area contributed by atoms with Gasteiger partial charge in [-0.3, -0.25) is 14.4 Å². The van der Waals surface area contributed by atoms with Gasteiger partial charge < -0.3 is 20.1 Å². The molecule has 2 N–H and O–H groups in total. The molecule has 0 aliphatic rings. The number of nitrogens with one attached hydrogen (secondary N) is 2. The molecular weight excluding hydrogens is 514 g/mol. The normalized spacial score (nSPS) is 13.2. The molecule has 0 saturated heterocycles. The number of benzene rings is 1. The zero-order valence-electron chi connectivity index (χ0n) is 20.1. The zero-order valence-corrected chi connectivity index (χ0v) is 20.1. The quantitative estimate of drug-likeness (QED) is 0.252. The molecule has 0 fully saturated rings. The number of carbonyl (C=O) groups is 4. The predicted molar refractivity (Wildman–Crippen MR) is 117 cm³/mol. The van der Waals surface area contributed by atoms with Gasteiger partial charge in [-0.25, -0.2) is 4.79 Å². The van der Waals surface area contributed by atoms with Gasteiger partial charge in [-0.05, 0) is 32.4 Å². The molecular formula is C23H26F6N2O6. The van der Waals surface area contributed by atoms with Crippen LogP contribution in [-0.2, 0) is 36.2 Å². The Morgan fingerprint density at radius 3 is 2.00 bits per heavy atom. The van der Waals surface area contributed by atoms with Gasteiger partial charge in [0.2, 0.25) is 11.8 Å². The van der Waals surface area contributed by atoms with Crippen molar-refractivity contribution in [3.63, 3.8) is 0 Å². The second-order valence-corrected chi connectivity index (χ2v) is 7.94. The molecule has 1 aromatic rings. The minimum absolute atomic E-state index is 0.0986. The topological polar surface area (TPSA) is 111 Å². The summed E-state index contributed by atoms with van der Waals surface area (Å²) in [5, 5.41) is 4.79. The summed E-state index contributed by atoms with van der Waals surface area (Å²) in [4.78, 5) is 47.8. The van der Waals surface area contributed by atoms with E-state index in [0.717, 1.165) is 0 Å². The van der Waals surface area contributed by atoms with Gasteiger partial charge in [0.05, 0.1) is 23.3 Å². The lowest BCUT2D eigenvalue weighted by Crippen LogP contribution is -2.40. The Kier molecular flexibility index (Phi) is 11.1. The van der Waals surface area contributed by atoms with Gasteiger partial charge in [-0.2, -0.15) is 26.3 Å². The molecule has 0 heterocycles. The lowest BCUT2D eigenvalue weighted by molar-refractivity contribution is -0.144. The first-order chi connectivity index (χ1) is 17.0. The van der Waals surface area contributed by atoms with E-state index in [1.165, 1.54) is 13.8 Å². The van der Waals surface area contributed by atoms with E-state index in [-0.39, 0.29) is 19.6 Å². The molecule has 0 spiro atoms. The molecule has 0 aliphatic carbocycles. The van der Waals surface area contributed by atoms with Crippen LogP contribution in [0.4, 0.5) is 26.3 Å². The van der Waals surface area contributed by atoms with Crippen molar-refractivity contribution in [2.24, 2.45) is 5.92 Å². The van der Waals surface area contributed by atoms with Crippen LogP contribution in [0.3, 0.4) is 0 Å². The Bertz CT molecular complexity index is 990. The molecule has 0 aliphatic heterocycles. The van der Waals surface area contributed by atoms with Crippen LogP contribution in [0.15, 0.2) is 30.4 Å². The number of rotatable bonds is 11. The molecule has 1 aromatic carbocycles. The minimum atomic E-state index is -5.28. The second-order valence-electron chi connectivity index (χ2n) is 7.94. The van der Waals surface area contributed by atoms with Gasteiger partial charge in [0.25, 0.3) is 0 Å². The van der Waals surface area contributed by atoms with Crippen molar-refractivity contribution in [1.29, 1.82) is 0 Å². The highest BCUT2D eigenvalue weighted by Gasteiger charge is 2.43. The van der Waals surface area contributed by atoms with Crippen LogP contribution < -0.4 is 10.6 Å². The van der Waals surface area contributed by atoms with Gasteiger partial charge in [0, 0.05) is 17.5 Å². The second kappa shape index (κ2) is 13.1. The first-order valence-electron chi connectivity index (χ1n) is 10.8. The average Bonchev–Trinajstić information content (AvgIpc) is 2.78. The fourth-order valence-corrected chi connectivity index (χ4v) is 3.10. The predicted octanol–water partition coefficient (Wildman–Crippen LogP) is 3.65. The maximum atomic E-state index is 13.2. The number of alkyl halides is 6. The third-order valence-corrected chi connectivity index (χ3v) is 4.82. The van der Waals surface area contributed by atoms with E-state index in [4.69, 9.17) is 0 Å². The van der Waals surface area contributed by atoms with Gasteiger partial charge in [0.15, 0.2) is 0 Å². The number of carbonyl (C=O) groups excluding carboxylic acids is 4. The third kappa shape index (κ3) is 9.77. The minimum Gasteiger partial charge on any atom is -0.465 e. The van der Waals surface area contributed by atoms with Crippen LogP contribution in [0.1, 0.15) is 48.7 Å². The fraction of sp³-hybridized carbons (Fsp3) is 0.478. The number of ether oxygens (including phenoxy) is 2. The smallest absolute Gasteiger partial charge is 0.417 e. The maximum absolute atomic E-state index is 13.2. The highest BCUT2D eigenvalue weighted by atomic mass is 19.4. The van der Waals surface area contributed by atoms with Crippen LogP contribution in [-0.4, -0.2) is 49.6 Å². The van der Waals surface area contributed by atoms with E-state index < -0.39 is 76.9 Å². The number of hydrogen-bond donors (Lipinski definition) is 2. The van der Waals surface area contributed by atoms with Crippen LogP contribution in [0.5, 0.6) is 0 Å². The lowest BCUT2D eigenvalue weighted by Gasteiger charge is -2.20. The first-order valence-corrected chi connectivity index (χ1v) is 10.8. The molecule has 14 heteroatoms. The summed E-state index contributed by atoms with van der Waals surface area (Å²) in [5.74, 6) is -4.62. The Morgan fingerprint density at radius 1 is 0.973 bits per heavy atom. The fourth-order valence-electron chi connectivity index (χ4n) is 3.10. The monoisotopic (exact) mass is 540 g/mol. The number of halogens is 6. The third-order valence-electron chi connectivity index (χ3n) is 4.82. The molecule has 0 aromatic heterocycles. The standard InChI is InChI=1S/C23H26F6N2O6/c1-5-36-17(32)10-30-19(33)12(2)9-14(4)31-20(34)13(3)11-37-21(35)18-15(22(24,25)26)7-6-8-16(18)23(27,28)29/h6-8,12,14H,3,5,9-11H2,1-2,4H3,(H,30,33)(H,31,34). The first kappa shape index (κ1) is 31.4. The molecule has 0 saturated carbocycles. The summed E-state index contributed by atoms with van der Waals surface area (Å²) in [7, 11) is 0. The number of esters is 2. The molecule has 37 heavy (non-hydrogen) atoms. The van der Waals surface area contributed by atoms with Crippen molar-refractivity contribution < 1.29 is 55.0 Å². The van der Waals surface area contributed by atoms with Crippen LogP contribution in [0.25, 0.3) is 0 Å². The zero-order chi connectivity index (χ0) is 28.6. The molecule has 0 radical (unpaired) electrons. The number of amides is 2. The van der Waals surface area contributed by atoms with E-state index >= 15 is 0 Å². The van der Waals surface area contributed by atoms with E-state index in [2.05, 4.69) is 26.7 Å². The van der Waals surface area contributed by atoms with Crippen molar-refractivity contribution in [2.75, 3.05) is 19.8 Å². The van der Waals surface area contributed by atoms with Crippen LogP contribution >= 0.6 is 0 Å². The van der Waals surface area contributed by atoms with Crippen molar-refractivity contribution in [3.05, 3.63) is 47.0 Å². The Hall–Kier alpha value is -3.58. The van der Waals surface area contributed by atoms with Crippen molar-refractivity contribution in [1.82, 2.24) is 10.6 Å². The summed E-state index contributed by atoms with van der Waals surface area (Å²) in [5.41, 5.74) is -5.87. The van der Waals surface area contributed by atoms with Crippen molar-refractivity contribution >= 4 is 23.8 Å². The summed E-state index contributed by atoms with van der Waals surface area (Å²) >= 11 is 0. The molecule has 8 nitrogen and oxygen atoms in total. The summed E-state index contributed by atoms with van der Waals surface area (Å²) in [6.45, 7) is 6.79. The van der Waals surface area contributed by atoms with E-state index in [1.54, 1.807) is 6.92 Å². The van der Waals surface area contributed by atoms with E-state index in [0.29, 0.717) is 18.2 Å². The summed E-state index contributed by atoms with van der Waals surface area (Å²) in [6.07, 6.45) is -10.5. The number of hydrogen-bond acceptors (Lipinski definition) is 6. The molecule has 206 valence electrons. The van der Waals surface area contributed by atoms with Gasteiger partial charge >= 0.3 is 24.3 Å². The Labute approximate surface area is 208 Å². The molecule has 2 unspecified atom stereocenters. The Balaban J connectivity index is 2.76. The van der Waals surface area contributed by atoms with Crippen molar-refractivity contribution in [3.8, 4) is 0 Å². The van der Waals surface area contributed by atoms with Gasteiger partial charge in [-0.15, -0.1) is 0 Å². The van der Waals surface area contributed by atoms with Crippen LogP contribution in [0.2, 0.25) is 0 Å². The maximum Gasteiger partial charge on any atom is 0.417 e. The van der Waals surface area contributed by atoms with E-state index in [1.807, 2.05) is 0 Å². The Morgan fingerprint density at radius 2 is 1.51 bits per heavy atom. The van der Waals surface area contributed by atoms with E-state index in [9.17, 15) is 45.5 Å². The van der Waals surface area contributed by atoms with Crippen molar-refractivity contribution in [2.45, 2.75) is 45.6 Å². The lowest BCUT2D eigenvalue weighted by atomic mass is 10.00. The average molecular weight is 540 g/mol. The van der Waals surface area contributed by atoms with Crippen LogP contribution in [0, 0.1) is 5.92 Å². The highest BCUT2D eigenvalue weighted by molar-refractivity contribution is 5.96. The SMILES string of the molecule is C=C(COC(=O)c1c(C(F)(F)F)cccc1C(F)(F)F)C(=O)NC(C)CC(C)C(=O)NCC(=O)OCC. The largest absolute Gasteiger partial charge is 0.465 e.